The van der Waals surface area contributed by atoms with E-state index in [9.17, 15) is 13.2 Å². The second kappa shape index (κ2) is 10.6. The van der Waals surface area contributed by atoms with Crippen LogP contribution in [0.3, 0.4) is 0 Å². The Morgan fingerprint density at radius 1 is 0.970 bits per heavy atom. The van der Waals surface area contributed by atoms with Crippen LogP contribution >= 0.6 is 11.6 Å². The zero-order valence-electron chi connectivity index (χ0n) is 18.1. The molecular formula is C23H24ClN3O5S. The molecule has 0 bridgehead atoms. The summed E-state index contributed by atoms with van der Waals surface area (Å²) in [6, 6.07) is 16.6. The van der Waals surface area contributed by atoms with E-state index in [-0.39, 0.29) is 10.6 Å². The van der Waals surface area contributed by atoms with E-state index in [2.05, 4.69) is 10.0 Å². The van der Waals surface area contributed by atoms with Crippen LogP contribution in [0.2, 0.25) is 5.02 Å². The van der Waals surface area contributed by atoms with E-state index >= 15 is 0 Å². The predicted octanol–water partition coefficient (Wildman–Crippen LogP) is 3.45. The Hall–Kier alpha value is -3.27. The second-order valence-corrected chi connectivity index (χ2v) is 9.25. The van der Waals surface area contributed by atoms with Crippen molar-refractivity contribution in [3.8, 4) is 11.5 Å². The molecule has 0 aromatic heterocycles. The Morgan fingerprint density at radius 3 is 2.39 bits per heavy atom. The maximum absolute atomic E-state index is 12.6. The molecule has 0 aliphatic carbocycles. The Labute approximate surface area is 197 Å². The zero-order valence-corrected chi connectivity index (χ0v) is 19.7. The predicted molar refractivity (Wildman–Crippen MR) is 128 cm³/mol. The number of nitrogen functional groups attached to an aromatic ring is 1. The van der Waals surface area contributed by atoms with Crippen LogP contribution < -0.4 is 25.2 Å². The molecule has 0 aliphatic heterocycles. The first-order valence-corrected chi connectivity index (χ1v) is 11.7. The Morgan fingerprint density at radius 2 is 1.70 bits per heavy atom. The van der Waals surface area contributed by atoms with Crippen molar-refractivity contribution in [2.45, 2.75) is 11.3 Å². The number of benzene rings is 3. The monoisotopic (exact) mass is 489 g/mol. The lowest BCUT2D eigenvalue weighted by Gasteiger charge is -2.14. The summed E-state index contributed by atoms with van der Waals surface area (Å²) in [6.45, 7) is -0.466. The highest BCUT2D eigenvalue weighted by Gasteiger charge is 2.19. The standard InChI is InChI=1S/C23H24ClN3O5S/c1-31-21-10-8-18(13-22(21)32-2)33(29,30)26-14-23(28)27-20-9-7-17(25)12-16(20)11-15-5-3-4-6-19(15)24/h3-10,12-13,26H,11,14,25H2,1-2H3,(H,27,28). The zero-order chi connectivity index (χ0) is 24.0. The topological polar surface area (TPSA) is 120 Å². The summed E-state index contributed by atoms with van der Waals surface area (Å²) >= 11 is 6.26. The third-order valence-corrected chi connectivity index (χ3v) is 6.60. The average molecular weight is 490 g/mol. The van der Waals surface area contributed by atoms with Gasteiger partial charge in [-0.15, -0.1) is 0 Å². The van der Waals surface area contributed by atoms with Gasteiger partial charge in [0.2, 0.25) is 15.9 Å². The first-order chi connectivity index (χ1) is 15.7. The van der Waals surface area contributed by atoms with Crippen LogP contribution in [-0.4, -0.2) is 35.1 Å². The number of carbonyl (C=O) groups is 1. The highest BCUT2D eigenvalue weighted by Crippen LogP contribution is 2.29. The minimum atomic E-state index is -3.96. The molecule has 4 N–H and O–H groups in total. The number of hydrogen-bond acceptors (Lipinski definition) is 6. The van der Waals surface area contributed by atoms with E-state index < -0.39 is 22.5 Å². The third-order valence-electron chi connectivity index (χ3n) is 4.83. The number of amides is 1. The Kier molecular flexibility index (Phi) is 7.80. The lowest BCUT2D eigenvalue weighted by molar-refractivity contribution is -0.115. The lowest BCUT2D eigenvalue weighted by atomic mass is 10.0. The molecule has 1 amide bonds. The lowest BCUT2D eigenvalue weighted by Crippen LogP contribution is -2.33. The van der Waals surface area contributed by atoms with Gasteiger partial charge in [0.1, 0.15) is 0 Å². The Bertz CT molecular complexity index is 1260. The molecule has 0 spiro atoms. The van der Waals surface area contributed by atoms with Gasteiger partial charge < -0.3 is 20.5 Å². The molecule has 3 aromatic carbocycles. The molecule has 3 aromatic rings. The maximum Gasteiger partial charge on any atom is 0.241 e. The molecule has 174 valence electrons. The van der Waals surface area contributed by atoms with Crippen LogP contribution in [0.1, 0.15) is 11.1 Å². The van der Waals surface area contributed by atoms with E-state index in [4.69, 9.17) is 26.8 Å². The first kappa shape index (κ1) is 24.4. The van der Waals surface area contributed by atoms with Crippen molar-refractivity contribution in [1.82, 2.24) is 4.72 Å². The largest absolute Gasteiger partial charge is 0.493 e. The number of anilines is 2. The smallest absolute Gasteiger partial charge is 0.241 e. The molecule has 33 heavy (non-hydrogen) atoms. The summed E-state index contributed by atoms with van der Waals surface area (Å²) in [6.07, 6.45) is 0.442. The maximum atomic E-state index is 12.6. The van der Waals surface area contributed by atoms with Gasteiger partial charge in [-0.25, -0.2) is 13.1 Å². The molecule has 0 radical (unpaired) electrons. The molecule has 0 aliphatic rings. The van der Waals surface area contributed by atoms with Crippen molar-refractivity contribution in [2.24, 2.45) is 0 Å². The van der Waals surface area contributed by atoms with Gasteiger partial charge >= 0.3 is 0 Å². The van der Waals surface area contributed by atoms with Gasteiger partial charge in [-0.1, -0.05) is 29.8 Å². The van der Waals surface area contributed by atoms with Crippen molar-refractivity contribution >= 4 is 38.9 Å². The molecule has 0 saturated heterocycles. The van der Waals surface area contributed by atoms with Crippen LogP contribution in [0.25, 0.3) is 0 Å². The van der Waals surface area contributed by atoms with Crippen LogP contribution in [0.5, 0.6) is 11.5 Å². The van der Waals surface area contributed by atoms with Crippen molar-refractivity contribution in [2.75, 3.05) is 31.8 Å². The molecule has 0 saturated carbocycles. The number of rotatable bonds is 9. The highest BCUT2D eigenvalue weighted by molar-refractivity contribution is 7.89. The van der Waals surface area contributed by atoms with E-state index in [1.54, 1.807) is 24.3 Å². The summed E-state index contributed by atoms with van der Waals surface area (Å²) in [5, 5.41) is 3.33. The van der Waals surface area contributed by atoms with Gasteiger partial charge in [-0.3, -0.25) is 4.79 Å². The van der Waals surface area contributed by atoms with Crippen molar-refractivity contribution in [1.29, 1.82) is 0 Å². The van der Waals surface area contributed by atoms with Gasteiger partial charge in [-0.05, 0) is 47.5 Å². The van der Waals surface area contributed by atoms with E-state index in [0.717, 1.165) is 11.1 Å². The number of nitrogens with two attached hydrogens (primary N) is 1. The van der Waals surface area contributed by atoms with Gasteiger partial charge in [0.15, 0.2) is 11.5 Å². The molecule has 0 unspecified atom stereocenters. The van der Waals surface area contributed by atoms with Crippen LogP contribution in [0, 0.1) is 0 Å². The van der Waals surface area contributed by atoms with E-state index in [0.29, 0.717) is 28.6 Å². The summed E-state index contributed by atoms with van der Waals surface area (Å²) in [4.78, 5) is 12.5. The third kappa shape index (κ3) is 6.16. The van der Waals surface area contributed by atoms with Crippen molar-refractivity contribution in [3.63, 3.8) is 0 Å². The van der Waals surface area contributed by atoms with Gasteiger partial charge in [0, 0.05) is 28.9 Å². The number of methoxy groups -OCH3 is 2. The second-order valence-electron chi connectivity index (χ2n) is 7.07. The number of halogens is 1. The van der Waals surface area contributed by atoms with Crippen molar-refractivity contribution < 1.29 is 22.7 Å². The van der Waals surface area contributed by atoms with Gasteiger partial charge in [0.05, 0.1) is 25.7 Å². The summed E-state index contributed by atoms with van der Waals surface area (Å²) < 4.78 is 37.8. The highest BCUT2D eigenvalue weighted by atomic mass is 35.5. The van der Waals surface area contributed by atoms with Crippen LogP contribution in [-0.2, 0) is 21.2 Å². The number of carbonyl (C=O) groups excluding carboxylic acids is 1. The van der Waals surface area contributed by atoms with Crippen LogP contribution in [0.4, 0.5) is 11.4 Å². The molecule has 0 fully saturated rings. The van der Waals surface area contributed by atoms with Gasteiger partial charge in [0.25, 0.3) is 0 Å². The number of sulfonamides is 1. The number of hydrogen-bond donors (Lipinski definition) is 3. The number of ether oxygens (including phenoxy) is 2. The number of nitrogens with one attached hydrogen (secondary N) is 2. The fourth-order valence-electron chi connectivity index (χ4n) is 3.15. The quantitative estimate of drug-likeness (QED) is 0.396. The minimum Gasteiger partial charge on any atom is -0.493 e. The molecule has 8 nitrogen and oxygen atoms in total. The molecule has 0 heterocycles. The minimum absolute atomic E-state index is 0.0557. The fraction of sp³-hybridized carbons (Fsp3) is 0.174. The molecule has 3 rings (SSSR count). The molecular weight excluding hydrogens is 466 g/mol. The fourth-order valence-corrected chi connectivity index (χ4v) is 4.35. The summed E-state index contributed by atoms with van der Waals surface area (Å²) in [5.74, 6) is 0.115. The van der Waals surface area contributed by atoms with E-state index in [1.807, 2.05) is 18.2 Å². The summed E-state index contributed by atoms with van der Waals surface area (Å²) in [7, 11) is -1.11. The van der Waals surface area contributed by atoms with E-state index in [1.165, 1.54) is 32.4 Å². The Balaban J connectivity index is 1.72. The molecule has 10 heteroatoms. The van der Waals surface area contributed by atoms with Crippen molar-refractivity contribution in [3.05, 3.63) is 76.8 Å². The first-order valence-electron chi connectivity index (χ1n) is 9.87. The van der Waals surface area contributed by atoms with Crippen LogP contribution in [0.15, 0.2) is 65.6 Å². The molecule has 0 atom stereocenters. The SMILES string of the molecule is COc1ccc(S(=O)(=O)NCC(=O)Nc2ccc(N)cc2Cc2ccccc2Cl)cc1OC. The normalized spacial score (nSPS) is 11.1. The van der Waals surface area contributed by atoms with Gasteiger partial charge in [-0.2, -0.15) is 0 Å². The summed E-state index contributed by atoms with van der Waals surface area (Å²) in [5.41, 5.74) is 8.58. The average Bonchev–Trinajstić information content (AvgIpc) is 2.80.